The molecular formula is C24H27N3O3. The molecule has 6 nitrogen and oxygen atoms in total. The molecule has 156 valence electrons. The van der Waals surface area contributed by atoms with Crippen molar-refractivity contribution in [1.82, 2.24) is 9.78 Å². The van der Waals surface area contributed by atoms with Gasteiger partial charge in [0.1, 0.15) is 17.3 Å². The van der Waals surface area contributed by atoms with Crippen LogP contribution in [0.2, 0.25) is 0 Å². The average molecular weight is 405 g/mol. The van der Waals surface area contributed by atoms with E-state index >= 15 is 0 Å². The Labute approximate surface area is 176 Å². The average Bonchev–Trinajstić information content (AvgIpc) is 2.73. The van der Waals surface area contributed by atoms with Gasteiger partial charge in [0.25, 0.3) is 0 Å². The first kappa shape index (κ1) is 21.3. The summed E-state index contributed by atoms with van der Waals surface area (Å²) < 4.78 is 6.88. The number of hydrogen-bond donors (Lipinski definition) is 1. The van der Waals surface area contributed by atoms with Crippen molar-refractivity contribution in [3.8, 4) is 22.6 Å². The van der Waals surface area contributed by atoms with E-state index < -0.39 is 0 Å². The van der Waals surface area contributed by atoms with Gasteiger partial charge in [-0.25, -0.2) is 4.68 Å². The van der Waals surface area contributed by atoms with Crippen molar-refractivity contribution < 1.29 is 9.53 Å². The molecule has 0 aliphatic heterocycles. The van der Waals surface area contributed by atoms with Crippen LogP contribution >= 0.6 is 0 Å². The van der Waals surface area contributed by atoms with E-state index in [9.17, 15) is 9.59 Å². The summed E-state index contributed by atoms with van der Waals surface area (Å²) in [5.74, 6) is 0.607. The second kappa shape index (κ2) is 8.53. The Kier molecular flexibility index (Phi) is 6.06. The Morgan fingerprint density at radius 2 is 1.70 bits per heavy atom. The Hall–Kier alpha value is -3.41. The number of hydrogen-bond acceptors (Lipinski definition) is 4. The van der Waals surface area contributed by atoms with Gasteiger partial charge < -0.3 is 10.1 Å². The minimum Gasteiger partial charge on any atom is -0.497 e. The first-order valence-corrected chi connectivity index (χ1v) is 9.89. The number of anilines is 1. The monoisotopic (exact) mass is 405 g/mol. The van der Waals surface area contributed by atoms with E-state index in [1.165, 1.54) is 0 Å². The molecule has 30 heavy (non-hydrogen) atoms. The molecule has 1 aromatic heterocycles. The van der Waals surface area contributed by atoms with E-state index in [1.54, 1.807) is 30.8 Å². The van der Waals surface area contributed by atoms with Crippen molar-refractivity contribution >= 4 is 11.7 Å². The van der Waals surface area contributed by atoms with Gasteiger partial charge in [-0.2, -0.15) is 5.10 Å². The zero-order valence-electron chi connectivity index (χ0n) is 18.2. The van der Waals surface area contributed by atoms with Crippen molar-refractivity contribution in [3.05, 3.63) is 69.5 Å². The lowest BCUT2D eigenvalue weighted by molar-refractivity contribution is -0.118. The minimum absolute atomic E-state index is 0.188. The van der Waals surface area contributed by atoms with Crippen molar-refractivity contribution in [2.45, 2.75) is 34.6 Å². The van der Waals surface area contributed by atoms with Crippen LogP contribution in [0.25, 0.3) is 16.8 Å². The van der Waals surface area contributed by atoms with Crippen LogP contribution in [-0.4, -0.2) is 22.8 Å². The van der Waals surface area contributed by atoms with Gasteiger partial charge in [0.05, 0.1) is 18.4 Å². The van der Waals surface area contributed by atoms with E-state index in [4.69, 9.17) is 4.74 Å². The van der Waals surface area contributed by atoms with Gasteiger partial charge in [-0.15, -0.1) is 0 Å². The fourth-order valence-electron chi connectivity index (χ4n) is 3.09. The first-order chi connectivity index (χ1) is 14.2. The zero-order chi connectivity index (χ0) is 22.0. The Balaban J connectivity index is 2.33. The summed E-state index contributed by atoms with van der Waals surface area (Å²) in [5, 5.41) is 7.45. The van der Waals surface area contributed by atoms with Crippen molar-refractivity contribution in [2.24, 2.45) is 5.92 Å². The van der Waals surface area contributed by atoms with Gasteiger partial charge >= 0.3 is 0 Å². The third kappa shape index (κ3) is 4.13. The van der Waals surface area contributed by atoms with Crippen LogP contribution < -0.4 is 15.5 Å². The number of nitrogens with zero attached hydrogens (tertiary/aromatic N) is 2. The summed E-state index contributed by atoms with van der Waals surface area (Å²) in [6.45, 7) is 9.35. The topological polar surface area (TPSA) is 73.2 Å². The Morgan fingerprint density at radius 1 is 1.03 bits per heavy atom. The summed E-state index contributed by atoms with van der Waals surface area (Å²) >= 11 is 0. The van der Waals surface area contributed by atoms with Crippen LogP contribution in [0.5, 0.6) is 5.75 Å². The van der Waals surface area contributed by atoms with Gasteiger partial charge in [0, 0.05) is 5.92 Å². The minimum atomic E-state index is -0.252. The summed E-state index contributed by atoms with van der Waals surface area (Å²) in [5.41, 5.74) is 4.23. The summed E-state index contributed by atoms with van der Waals surface area (Å²) in [6, 6.07) is 13.1. The number of benzene rings is 2. The SMILES string of the molecule is COc1ccc(-c2c(NC(=O)C(C)C)n(-c3ccc(C)c(C)c3)nc(C)c2=O)cc1. The van der Waals surface area contributed by atoms with E-state index in [1.807, 2.05) is 58.0 Å². The molecule has 0 aliphatic rings. The molecule has 0 bridgehead atoms. The maximum Gasteiger partial charge on any atom is 0.228 e. The number of carbonyl (C=O) groups excluding carboxylic acids is 1. The lowest BCUT2D eigenvalue weighted by Gasteiger charge is -2.20. The largest absolute Gasteiger partial charge is 0.497 e. The highest BCUT2D eigenvalue weighted by Crippen LogP contribution is 2.29. The number of methoxy groups -OCH3 is 1. The molecule has 0 spiro atoms. The molecule has 2 aromatic carbocycles. The molecule has 3 aromatic rings. The van der Waals surface area contributed by atoms with E-state index in [2.05, 4.69) is 10.4 Å². The van der Waals surface area contributed by atoms with Crippen LogP contribution in [0, 0.1) is 26.7 Å². The molecule has 1 amide bonds. The second-order valence-electron chi connectivity index (χ2n) is 7.69. The number of carbonyl (C=O) groups is 1. The van der Waals surface area contributed by atoms with E-state index in [0.717, 1.165) is 16.8 Å². The molecule has 0 atom stereocenters. The van der Waals surface area contributed by atoms with Gasteiger partial charge in [0.15, 0.2) is 0 Å². The molecular weight excluding hydrogens is 378 g/mol. The number of rotatable bonds is 5. The quantitative estimate of drug-likeness (QED) is 0.682. The van der Waals surface area contributed by atoms with Crippen molar-refractivity contribution in [3.63, 3.8) is 0 Å². The molecule has 0 fully saturated rings. The molecule has 0 saturated heterocycles. The number of nitrogens with one attached hydrogen (secondary N) is 1. The van der Waals surface area contributed by atoms with Crippen LogP contribution in [0.4, 0.5) is 5.82 Å². The molecule has 6 heteroatoms. The molecule has 1 N–H and O–H groups in total. The summed E-state index contributed by atoms with van der Waals surface area (Å²) in [4.78, 5) is 25.8. The number of amides is 1. The molecule has 0 unspecified atom stereocenters. The number of aryl methyl sites for hydroxylation is 3. The Morgan fingerprint density at radius 3 is 2.27 bits per heavy atom. The highest BCUT2D eigenvalue weighted by atomic mass is 16.5. The zero-order valence-corrected chi connectivity index (χ0v) is 18.2. The number of aromatic nitrogens is 2. The highest BCUT2D eigenvalue weighted by Gasteiger charge is 2.21. The van der Waals surface area contributed by atoms with Gasteiger partial charge in [0.2, 0.25) is 11.3 Å². The first-order valence-electron chi connectivity index (χ1n) is 9.89. The maximum atomic E-state index is 13.1. The predicted molar refractivity (Wildman–Crippen MR) is 120 cm³/mol. The van der Waals surface area contributed by atoms with Gasteiger partial charge in [-0.05, 0) is 61.7 Å². The summed E-state index contributed by atoms with van der Waals surface area (Å²) in [6.07, 6.45) is 0. The van der Waals surface area contributed by atoms with E-state index in [0.29, 0.717) is 28.4 Å². The van der Waals surface area contributed by atoms with E-state index in [-0.39, 0.29) is 17.3 Å². The number of ether oxygens (including phenoxy) is 1. The molecule has 3 rings (SSSR count). The predicted octanol–water partition coefficient (Wildman–Crippen LogP) is 4.43. The fraction of sp³-hybridized carbons (Fsp3) is 0.292. The van der Waals surface area contributed by atoms with Crippen LogP contribution in [-0.2, 0) is 4.79 Å². The summed E-state index contributed by atoms with van der Waals surface area (Å²) in [7, 11) is 1.59. The lowest BCUT2D eigenvalue weighted by atomic mass is 10.0. The van der Waals surface area contributed by atoms with Crippen molar-refractivity contribution in [2.75, 3.05) is 12.4 Å². The molecule has 1 heterocycles. The molecule has 0 saturated carbocycles. The molecule has 0 aliphatic carbocycles. The van der Waals surface area contributed by atoms with Crippen LogP contribution in [0.1, 0.15) is 30.7 Å². The normalized spacial score (nSPS) is 10.9. The maximum absolute atomic E-state index is 13.1. The Bertz CT molecular complexity index is 1150. The van der Waals surface area contributed by atoms with Crippen molar-refractivity contribution in [1.29, 1.82) is 0 Å². The third-order valence-electron chi connectivity index (χ3n) is 5.13. The van der Waals surface area contributed by atoms with Crippen LogP contribution in [0.15, 0.2) is 47.3 Å². The lowest BCUT2D eigenvalue weighted by Crippen LogP contribution is -2.26. The third-order valence-corrected chi connectivity index (χ3v) is 5.13. The van der Waals surface area contributed by atoms with Gasteiger partial charge in [-0.3, -0.25) is 9.59 Å². The fourth-order valence-corrected chi connectivity index (χ4v) is 3.09. The standard InChI is InChI=1S/C24H27N3O3/c1-14(2)24(29)25-23-21(18-8-11-20(30-6)12-9-18)22(28)17(5)26-27(23)19-10-7-15(3)16(4)13-19/h7-14H,1-6H3,(H,25,29). The van der Waals surface area contributed by atoms with Gasteiger partial charge in [-0.1, -0.05) is 32.0 Å². The molecule has 0 radical (unpaired) electrons. The smallest absolute Gasteiger partial charge is 0.228 e. The second-order valence-corrected chi connectivity index (χ2v) is 7.69. The van der Waals surface area contributed by atoms with Crippen LogP contribution in [0.3, 0.4) is 0 Å². The highest BCUT2D eigenvalue weighted by molar-refractivity contribution is 5.95.